The number of aryl methyl sites for hydroxylation is 1. The van der Waals surface area contributed by atoms with Crippen molar-refractivity contribution < 1.29 is 23.5 Å². The first kappa shape index (κ1) is 14.6. The van der Waals surface area contributed by atoms with Gasteiger partial charge in [-0.15, -0.1) is 0 Å². The molecule has 2 heterocycles. The van der Waals surface area contributed by atoms with E-state index in [0.29, 0.717) is 34.3 Å². The van der Waals surface area contributed by atoms with Crippen molar-refractivity contribution in [2.45, 2.75) is 39.7 Å². The van der Waals surface area contributed by atoms with Crippen molar-refractivity contribution in [3.8, 4) is 5.75 Å². The van der Waals surface area contributed by atoms with E-state index < -0.39 is 11.6 Å². The lowest BCUT2D eigenvalue weighted by Gasteiger charge is -2.31. The first-order valence-electron chi connectivity index (χ1n) is 7.29. The third kappa shape index (κ3) is 2.17. The van der Waals surface area contributed by atoms with E-state index in [1.807, 2.05) is 13.8 Å². The number of ether oxygens (including phenoxy) is 2. The lowest BCUT2D eigenvalue weighted by molar-refractivity contribution is 0.0491. The molecular weight excluding hydrogens is 284 g/mol. The molecule has 0 saturated carbocycles. The van der Waals surface area contributed by atoms with E-state index in [2.05, 4.69) is 0 Å². The van der Waals surface area contributed by atoms with E-state index in [1.165, 1.54) is 0 Å². The van der Waals surface area contributed by atoms with Crippen LogP contribution in [0.4, 0.5) is 0 Å². The van der Waals surface area contributed by atoms with Crippen molar-refractivity contribution in [1.29, 1.82) is 0 Å². The van der Waals surface area contributed by atoms with E-state index in [-0.39, 0.29) is 18.2 Å². The molecule has 116 valence electrons. The lowest BCUT2D eigenvalue weighted by Crippen LogP contribution is -2.35. The van der Waals surface area contributed by atoms with Crippen molar-refractivity contribution in [1.82, 2.24) is 0 Å². The number of hydrogen-bond acceptors (Lipinski definition) is 5. The first-order valence-corrected chi connectivity index (χ1v) is 7.29. The Balaban J connectivity index is 2.22. The van der Waals surface area contributed by atoms with Gasteiger partial charge in [-0.25, -0.2) is 4.79 Å². The van der Waals surface area contributed by atoms with E-state index >= 15 is 0 Å². The average molecular weight is 302 g/mol. The summed E-state index contributed by atoms with van der Waals surface area (Å²) in [6, 6.07) is 3.44. The highest BCUT2D eigenvalue weighted by molar-refractivity contribution is 6.13. The van der Waals surface area contributed by atoms with Crippen LogP contribution in [-0.2, 0) is 4.74 Å². The van der Waals surface area contributed by atoms with Gasteiger partial charge in [-0.05, 0) is 39.8 Å². The first-order chi connectivity index (χ1) is 10.3. The van der Waals surface area contributed by atoms with Gasteiger partial charge >= 0.3 is 5.97 Å². The highest BCUT2D eigenvalue weighted by atomic mass is 16.5. The molecule has 0 radical (unpaired) electrons. The van der Waals surface area contributed by atoms with Crippen LogP contribution in [0.1, 0.15) is 53.7 Å². The number of ketones is 1. The number of carbonyl (C=O) groups is 2. The Bertz CT molecular complexity index is 782. The van der Waals surface area contributed by atoms with Crippen LogP contribution in [0.5, 0.6) is 5.75 Å². The van der Waals surface area contributed by atoms with Gasteiger partial charge in [0.1, 0.15) is 16.9 Å². The summed E-state index contributed by atoms with van der Waals surface area (Å²) in [5.74, 6) is 0.154. The minimum atomic E-state index is -0.528. The monoisotopic (exact) mass is 302 g/mol. The summed E-state index contributed by atoms with van der Waals surface area (Å²) >= 11 is 0. The molecule has 0 bridgehead atoms. The molecule has 1 aliphatic heterocycles. The molecule has 5 nitrogen and oxygen atoms in total. The second-order valence-electron chi connectivity index (χ2n) is 6.05. The predicted molar refractivity (Wildman–Crippen MR) is 80.6 cm³/mol. The van der Waals surface area contributed by atoms with Crippen LogP contribution in [0, 0.1) is 6.92 Å². The Kier molecular flexibility index (Phi) is 3.24. The van der Waals surface area contributed by atoms with Crippen LogP contribution in [0.3, 0.4) is 0 Å². The Hall–Kier alpha value is -2.30. The minimum Gasteiger partial charge on any atom is -0.487 e. The molecule has 3 rings (SSSR count). The molecule has 0 saturated heterocycles. The minimum absolute atomic E-state index is 0.00356. The van der Waals surface area contributed by atoms with Crippen LogP contribution < -0.4 is 4.74 Å². The van der Waals surface area contributed by atoms with E-state index in [4.69, 9.17) is 13.9 Å². The quantitative estimate of drug-likeness (QED) is 0.792. The molecule has 0 aliphatic carbocycles. The second kappa shape index (κ2) is 4.87. The van der Waals surface area contributed by atoms with Gasteiger partial charge < -0.3 is 13.9 Å². The van der Waals surface area contributed by atoms with Gasteiger partial charge in [0.15, 0.2) is 5.78 Å². The van der Waals surface area contributed by atoms with Crippen molar-refractivity contribution in [3.05, 3.63) is 29.0 Å². The van der Waals surface area contributed by atoms with E-state index in [1.54, 1.807) is 26.0 Å². The number of rotatable bonds is 2. The molecule has 0 unspecified atom stereocenters. The average Bonchev–Trinajstić information content (AvgIpc) is 2.75. The molecule has 2 aromatic rings. The highest BCUT2D eigenvalue weighted by Gasteiger charge is 2.35. The summed E-state index contributed by atoms with van der Waals surface area (Å²) in [7, 11) is 0. The lowest BCUT2D eigenvalue weighted by atomic mass is 9.90. The summed E-state index contributed by atoms with van der Waals surface area (Å²) in [4.78, 5) is 24.5. The van der Waals surface area contributed by atoms with Crippen molar-refractivity contribution in [2.24, 2.45) is 0 Å². The van der Waals surface area contributed by atoms with Gasteiger partial charge in [0.2, 0.25) is 5.76 Å². The van der Waals surface area contributed by atoms with Crippen LogP contribution in [0.25, 0.3) is 11.0 Å². The molecule has 22 heavy (non-hydrogen) atoms. The van der Waals surface area contributed by atoms with Gasteiger partial charge in [0, 0.05) is 10.9 Å². The fourth-order valence-corrected chi connectivity index (χ4v) is 2.88. The molecule has 0 atom stereocenters. The molecule has 0 amide bonds. The molecule has 0 N–H and O–H groups in total. The molecule has 1 aromatic carbocycles. The zero-order chi connectivity index (χ0) is 16.1. The molecule has 0 fully saturated rings. The number of benzene rings is 1. The topological polar surface area (TPSA) is 65.7 Å². The van der Waals surface area contributed by atoms with Crippen molar-refractivity contribution >= 4 is 22.7 Å². The zero-order valence-electron chi connectivity index (χ0n) is 13.1. The van der Waals surface area contributed by atoms with Gasteiger partial charge in [-0.1, -0.05) is 0 Å². The Morgan fingerprint density at radius 2 is 2.09 bits per heavy atom. The predicted octanol–water partition coefficient (Wildman–Crippen LogP) is 3.66. The maximum absolute atomic E-state index is 12.5. The van der Waals surface area contributed by atoms with E-state index in [0.717, 1.165) is 0 Å². The molecule has 0 spiro atoms. The van der Waals surface area contributed by atoms with Crippen LogP contribution >= 0.6 is 0 Å². The molecular formula is C17H18O5. The fourth-order valence-electron chi connectivity index (χ4n) is 2.88. The zero-order valence-corrected chi connectivity index (χ0v) is 13.1. The normalized spacial score (nSPS) is 16.3. The van der Waals surface area contributed by atoms with Gasteiger partial charge in [0.25, 0.3) is 0 Å². The van der Waals surface area contributed by atoms with Gasteiger partial charge in [0.05, 0.1) is 18.6 Å². The van der Waals surface area contributed by atoms with Crippen LogP contribution in [0.15, 0.2) is 16.5 Å². The number of fused-ring (bicyclic) bond motifs is 3. The maximum Gasteiger partial charge on any atom is 0.374 e. The Labute approximate surface area is 128 Å². The third-order valence-corrected chi connectivity index (χ3v) is 3.77. The van der Waals surface area contributed by atoms with Crippen molar-refractivity contribution in [2.75, 3.05) is 6.61 Å². The Morgan fingerprint density at radius 3 is 2.77 bits per heavy atom. The Morgan fingerprint density at radius 1 is 1.36 bits per heavy atom. The van der Waals surface area contributed by atoms with Crippen LogP contribution in [0.2, 0.25) is 0 Å². The molecule has 1 aromatic heterocycles. The standard InChI is InChI=1S/C17H18O5/c1-5-20-16(19)15-9(2)13-11(21-15)6-7-12-14(13)10(18)8-17(3,4)22-12/h6-7H,5,8H2,1-4H3. The summed E-state index contributed by atoms with van der Waals surface area (Å²) in [6.07, 6.45) is 0.290. The fraction of sp³-hybridized carbons (Fsp3) is 0.412. The molecule has 5 heteroatoms. The summed E-state index contributed by atoms with van der Waals surface area (Å²) in [5.41, 5.74) is 1.07. The number of hydrogen-bond donors (Lipinski definition) is 0. The van der Waals surface area contributed by atoms with Gasteiger partial charge in [-0.2, -0.15) is 0 Å². The summed E-state index contributed by atoms with van der Waals surface area (Å²) < 4.78 is 16.5. The number of Topliss-reactive ketones (excluding diaryl/α,β-unsaturated/α-hetero) is 1. The smallest absolute Gasteiger partial charge is 0.374 e. The molecule has 1 aliphatic rings. The maximum atomic E-state index is 12.5. The van der Waals surface area contributed by atoms with Crippen molar-refractivity contribution in [3.63, 3.8) is 0 Å². The van der Waals surface area contributed by atoms with Crippen LogP contribution in [-0.4, -0.2) is 24.0 Å². The summed E-state index contributed by atoms with van der Waals surface area (Å²) in [6.45, 7) is 7.51. The SMILES string of the molecule is CCOC(=O)c1oc2ccc3c(c2c1C)C(=O)CC(C)(C)O3. The number of furan rings is 1. The second-order valence-corrected chi connectivity index (χ2v) is 6.05. The van der Waals surface area contributed by atoms with E-state index in [9.17, 15) is 9.59 Å². The number of carbonyl (C=O) groups excluding carboxylic acids is 2. The largest absolute Gasteiger partial charge is 0.487 e. The van der Waals surface area contributed by atoms with Gasteiger partial charge in [-0.3, -0.25) is 4.79 Å². The third-order valence-electron chi connectivity index (χ3n) is 3.77. The number of esters is 1. The summed E-state index contributed by atoms with van der Waals surface area (Å²) in [5, 5.41) is 0.640. The highest BCUT2D eigenvalue weighted by Crippen LogP contribution is 2.40.